The molecule has 7 nitrogen and oxygen atoms in total. The molecule has 1 spiro atoms. The van der Waals surface area contributed by atoms with Crippen molar-refractivity contribution in [3.63, 3.8) is 0 Å². The third-order valence-electron chi connectivity index (χ3n) is 5.66. The lowest BCUT2D eigenvalue weighted by molar-refractivity contribution is -0.148. The number of amides is 1. The number of nitrogens with zero attached hydrogens (tertiary/aromatic N) is 1. The van der Waals surface area contributed by atoms with Gasteiger partial charge in [-0.15, -0.1) is 0 Å². The van der Waals surface area contributed by atoms with Crippen LogP contribution in [0.1, 0.15) is 24.8 Å². The van der Waals surface area contributed by atoms with Crippen molar-refractivity contribution in [1.29, 1.82) is 0 Å². The van der Waals surface area contributed by atoms with Crippen molar-refractivity contribution in [2.75, 3.05) is 24.6 Å². The van der Waals surface area contributed by atoms with Gasteiger partial charge in [-0.25, -0.2) is 4.79 Å². The molecule has 8 heteroatoms. The number of carboxylic acids is 2. The maximum atomic E-state index is 12.7. The van der Waals surface area contributed by atoms with Gasteiger partial charge in [0.2, 0.25) is 5.91 Å². The Morgan fingerprint density at radius 1 is 1.25 bits per heavy atom. The van der Waals surface area contributed by atoms with E-state index in [1.165, 1.54) is 4.90 Å². The molecule has 2 fully saturated rings. The number of aliphatic carboxylic acids is 2. The van der Waals surface area contributed by atoms with E-state index in [9.17, 15) is 24.6 Å². The van der Waals surface area contributed by atoms with Crippen molar-refractivity contribution in [2.45, 2.75) is 37.8 Å². The average molecular weight is 407 g/mol. The maximum Gasteiger partial charge on any atom is 0.326 e. The van der Waals surface area contributed by atoms with Crippen LogP contribution in [0.25, 0.3) is 0 Å². The van der Waals surface area contributed by atoms with E-state index in [2.05, 4.69) is 5.32 Å². The highest BCUT2D eigenvalue weighted by Gasteiger charge is 2.50. The Hall–Kier alpha value is -2.06. The molecule has 1 amide bonds. The van der Waals surface area contributed by atoms with Gasteiger partial charge >= 0.3 is 11.9 Å². The fourth-order valence-electron chi connectivity index (χ4n) is 4.05. The number of carboxylic acid groups (broad SMARTS) is 2. The minimum absolute atomic E-state index is 0.108. The molecule has 2 aliphatic heterocycles. The molecule has 3 rings (SSSR count). The summed E-state index contributed by atoms with van der Waals surface area (Å²) in [5.41, 5.74) is 0.927. The van der Waals surface area contributed by atoms with Gasteiger partial charge in [-0.1, -0.05) is 30.3 Å². The molecule has 28 heavy (non-hydrogen) atoms. The average Bonchev–Trinajstić information content (AvgIpc) is 3.29. The quantitative estimate of drug-likeness (QED) is 0.600. The number of carbonyl (C=O) groups is 3. The zero-order valence-electron chi connectivity index (χ0n) is 15.7. The van der Waals surface area contributed by atoms with Crippen LogP contribution in [0.2, 0.25) is 0 Å². The van der Waals surface area contributed by atoms with Crippen molar-refractivity contribution in [3.8, 4) is 0 Å². The van der Waals surface area contributed by atoms with Gasteiger partial charge in [-0.3, -0.25) is 14.9 Å². The third kappa shape index (κ3) is 4.86. The summed E-state index contributed by atoms with van der Waals surface area (Å²) in [6.07, 6.45) is 2.35. The first kappa shape index (κ1) is 20.7. The van der Waals surface area contributed by atoms with E-state index < -0.39 is 24.0 Å². The van der Waals surface area contributed by atoms with Crippen LogP contribution in [-0.2, 0) is 20.8 Å². The van der Waals surface area contributed by atoms with Gasteiger partial charge < -0.3 is 15.1 Å². The van der Waals surface area contributed by atoms with Crippen LogP contribution in [0.4, 0.5) is 0 Å². The highest BCUT2D eigenvalue weighted by Crippen LogP contribution is 2.45. The lowest BCUT2D eigenvalue weighted by atomic mass is 9.85. The topological polar surface area (TPSA) is 107 Å². The second kappa shape index (κ2) is 8.96. The number of benzene rings is 1. The fourth-order valence-corrected chi connectivity index (χ4v) is 5.56. The second-order valence-corrected chi connectivity index (χ2v) is 8.78. The number of nitrogens with one attached hydrogen (secondary N) is 1. The number of likely N-dealkylation sites (tertiary alicyclic amines) is 1. The van der Waals surface area contributed by atoms with Gasteiger partial charge in [0, 0.05) is 17.7 Å². The Morgan fingerprint density at radius 2 is 2.00 bits per heavy atom. The molecule has 3 atom stereocenters. The minimum atomic E-state index is -1.01. The van der Waals surface area contributed by atoms with Crippen LogP contribution in [0, 0.1) is 5.41 Å². The van der Waals surface area contributed by atoms with Crippen LogP contribution in [-0.4, -0.2) is 69.6 Å². The zero-order chi connectivity index (χ0) is 20.1. The molecule has 2 heterocycles. The number of thioether (sulfide) groups is 1. The van der Waals surface area contributed by atoms with Crippen LogP contribution in [0.3, 0.4) is 0 Å². The highest BCUT2D eigenvalue weighted by atomic mass is 32.2. The molecule has 2 aliphatic rings. The smallest absolute Gasteiger partial charge is 0.326 e. The van der Waals surface area contributed by atoms with Crippen LogP contribution >= 0.6 is 11.8 Å². The normalized spacial score (nSPS) is 25.1. The first-order valence-electron chi connectivity index (χ1n) is 9.50. The highest BCUT2D eigenvalue weighted by molar-refractivity contribution is 7.99. The summed E-state index contributed by atoms with van der Waals surface area (Å²) >= 11 is 1.80. The number of rotatable bonds is 8. The summed E-state index contributed by atoms with van der Waals surface area (Å²) < 4.78 is 0. The van der Waals surface area contributed by atoms with Gasteiger partial charge in [0.25, 0.3) is 0 Å². The van der Waals surface area contributed by atoms with Crippen LogP contribution in [0.15, 0.2) is 30.3 Å². The lowest BCUT2D eigenvalue weighted by Gasteiger charge is -2.24. The van der Waals surface area contributed by atoms with Crippen molar-refractivity contribution < 1.29 is 24.6 Å². The van der Waals surface area contributed by atoms with Crippen LogP contribution in [0.5, 0.6) is 0 Å². The Balaban J connectivity index is 1.57. The molecular weight excluding hydrogens is 380 g/mol. The van der Waals surface area contributed by atoms with E-state index in [0.29, 0.717) is 25.8 Å². The van der Waals surface area contributed by atoms with E-state index in [-0.39, 0.29) is 17.9 Å². The summed E-state index contributed by atoms with van der Waals surface area (Å²) in [5, 5.41) is 21.8. The largest absolute Gasteiger partial charge is 0.480 e. The van der Waals surface area contributed by atoms with E-state index in [1.807, 2.05) is 30.3 Å². The zero-order valence-corrected chi connectivity index (χ0v) is 16.5. The Bertz CT molecular complexity index is 721. The summed E-state index contributed by atoms with van der Waals surface area (Å²) in [4.78, 5) is 37.3. The van der Waals surface area contributed by atoms with Gasteiger partial charge in [0.15, 0.2) is 0 Å². The van der Waals surface area contributed by atoms with E-state index >= 15 is 0 Å². The van der Waals surface area contributed by atoms with Crippen molar-refractivity contribution >= 4 is 29.6 Å². The predicted octanol–water partition coefficient (Wildman–Crippen LogP) is 1.47. The molecular formula is C20H26N2O5S. The summed E-state index contributed by atoms with van der Waals surface area (Å²) in [7, 11) is 0. The summed E-state index contributed by atoms with van der Waals surface area (Å²) in [6, 6.07) is 7.90. The van der Waals surface area contributed by atoms with Gasteiger partial charge in [-0.05, 0) is 37.0 Å². The predicted molar refractivity (Wildman–Crippen MR) is 106 cm³/mol. The van der Waals surface area contributed by atoms with Crippen LogP contribution < -0.4 is 5.32 Å². The van der Waals surface area contributed by atoms with E-state index in [4.69, 9.17) is 0 Å². The number of carbonyl (C=O) groups excluding carboxylic acids is 1. The lowest BCUT2D eigenvalue weighted by Crippen LogP contribution is -2.48. The summed E-state index contributed by atoms with van der Waals surface area (Å²) in [5.74, 6) is -0.465. The molecule has 2 saturated heterocycles. The molecule has 0 radical (unpaired) electrons. The molecule has 152 valence electrons. The first-order valence-corrected chi connectivity index (χ1v) is 10.7. The molecule has 0 saturated carbocycles. The van der Waals surface area contributed by atoms with Gasteiger partial charge in [-0.2, -0.15) is 11.8 Å². The molecule has 0 bridgehead atoms. The first-order chi connectivity index (χ1) is 13.4. The molecule has 0 aromatic heterocycles. The van der Waals surface area contributed by atoms with E-state index in [0.717, 1.165) is 23.5 Å². The standard InChI is InChI=1S/C20H26N2O5S/c23-17(22-12-20(8-9-28-13-20)10-16(22)19(26)27)11-21-15(18(24)25)7-6-14-4-2-1-3-5-14/h1-5,15-16,21H,6-13H2,(H,24,25)(H,26,27). The number of hydrogen-bond acceptors (Lipinski definition) is 5. The Kier molecular flexibility index (Phi) is 6.61. The fraction of sp³-hybridized carbons (Fsp3) is 0.550. The third-order valence-corrected chi connectivity index (χ3v) is 6.97. The van der Waals surface area contributed by atoms with Crippen molar-refractivity contribution in [2.24, 2.45) is 5.41 Å². The summed E-state index contributed by atoms with van der Waals surface area (Å²) in [6.45, 7) is 0.276. The molecule has 3 N–H and O–H groups in total. The van der Waals surface area contributed by atoms with E-state index in [1.54, 1.807) is 11.8 Å². The van der Waals surface area contributed by atoms with Crippen molar-refractivity contribution in [1.82, 2.24) is 10.2 Å². The second-order valence-electron chi connectivity index (χ2n) is 7.68. The molecule has 0 aliphatic carbocycles. The van der Waals surface area contributed by atoms with Gasteiger partial charge in [0.05, 0.1) is 6.54 Å². The molecule has 1 aromatic rings. The number of hydrogen-bond donors (Lipinski definition) is 3. The van der Waals surface area contributed by atoms with Crippen molar-refractivity contribution in [3.05, 3.63) is 35.9 Å². The maximum absolute atomic E-state index is 12.7. The van der Waals surface area contributed by atoms with Gasteiger partial charge in [0.1, 0.15) is 12.1 Å². The molecule has 1 aromatic carbocycles. The Morgan fingerprint density at radius 3 is 2.61 bits per heavy atom. The minimum Gasteiger partial charge on any atom is -0.480 e. The Labute approximate surface area is 168 Å². The molecule has 3 unspecified atom stereocenters. The monoisotopic (exact) mass is 406 g/mol. The number of aryl methyl sites for hydroxylation is 1. The SMILES string of the molecule is O=C(O)C(CCc1ccccc1)NCC(=O)N1CC2(CCSC2)CC1C(=O)O.